The van der Waals surface area contributed by atoms with Gasteiger partial charge in [-0.05, 0) is 23.3 Å². The molecule has 0 unspecified atom stereocenters. The fourth-order valence-corrected chi connectivity index (χ4v) is 4.06. The Kier molecular flexibility index (Phi) is 6.77. The van der Waals surface area contributed by atoms with Crippen LogP contribution in [0.25, 0.3) is 0 Å². The third-order valence-corrected chi connectivity index (χ3v) is 5.81. The van der Waals surface area contributed by atoms with Gasteiger partial charge in [0.25, 0.3) is 0 Å². The van der Waals surface area contributed by atoms with Crippen LogP contribution in [0, 0.1) is 0 Å². The number of carbonyl (C=O) groups is 3. The molecule has 1 fully saturated rings. The Morgan fingerprint density at radius 2 is 1.87 bits per heavy atom. The van der Waals surface area contributed by atoms with Crippen molar-refractivity contribution in [2.45, 2.75) is 25.0 Å². The maximum Gasteiger partial charge on any atom is 0.411 e. The largest absolute Gasteiger partial charge is 0.497 e. The molecule has 30 heavy (non-hydrogen) atoms. The molecule has 0 saturated carbocycles. The first-order valence-corrected chi connectivity index (χ1v) is 10.1. The summed E-state index contributed by atoms with van der Waals surface area (Å²) in [5.74, 6) is -0.256. The zero-order valence-electron chi connectivity index (χ0n) is 16.7. The first kappa shape index (κ1) is 21.8. The molecule has 0 bridgehead atoms. The number of likely N-dealkylation sites (tertiary alicyclic amines) is 1. The summed E-state index contributed by atoms with van der Waals surface area (Å²) in [5.41, 5.74) is 0.0613. The van der Waals surface area contributed by atoms with Crippen molar-refractivity contribution < 1.29 is 28.6 Å². The summed E-state index contributed by atoms with van der Waals surface area (Å²) in [7, 11) is 2.79. The van der Waals surface area contributed by atoms with E-state index >= 15 is 0 Å². The van der Waals surface area contributed by atoms with E-state index in [0.29, 0.717) is 10.2 Å². The number of carbonyl (C=O) groups excluding carboxylic acids is 3. The molecule has 1 amide bonds. The molecule has 0 aliphatic carbocycles. The van der Waals surface area contributed by atoms with Gasteiger partial charge in [-0.15, -0.1) is 0 Å². The molecule has 7 nitrogen and oxygen atoms in total. The number of hydrogen-bond donors (Lipinski definition) is 0. The van der Waals surface area contributed by atoms with Crippen LogP contribution in [0.3, 0.4) is 0 Å². The zero-order valence-corrected chi connectivity index (χ0v) is 18.3. The molecule has 3 rings (SSSR count). The smallest absolute Gasteiger partial charge is 0.411 e. The number of esters is 1. The van der Waals surface area contributed by atoms with Crippen LogP contribution in [0.15, 0.2) is 53.0 Å². The Bertz CT molecular complexity index is 948. The number of halogens is 1. The standard InChI is InChI=1S/C22H22BrNO6/c1-28-18-9-8-16(19(23)10-18)11-22(20(26)29-2)12-17(25)13-24(22)21(27)30-14-15-6-4-3-5-7-15/h3-10H,11-14H2,1-2H3/t22-/m1/s1. The fourth-order valence-electron chi connectivity index (χ4n) is 3.56. The van der Waals surface area contributed by atoms with Crippen molar-refractivity contribution in [3.05, 3.63) is 64.1 Å². The van der Waals surface area contributed by atoms with Gasteiger partial charge >= 0.3 is 12.1 Å². The quantitative estimate of drug-likeness (QED) is 0.594. The molecule has 1 aliphatic heterocycles. The minimum Gasteiger partial charge on any atom is -0.497 e. The highest BCUT2D eigenvalue weighted by atomic mass is 79.9. The molecule has 2 aromatic rings. The van der Waals surface area contributed by atoms with Gasteiger partial charge in [-0.3, -0.25) is 9.69 Å². The summed E-state index contributed by atoms with van der Waals surface area (Å²) in [6, 6.07) is 14.5. The Morgan fingerprint density at radius 3 is 2.50 bits per heavy atom. The molecule has 1 saturated heterocycles. The van der Waals surface area contributed by atoms with Crippen molar-refractivity contribution in [2.75, 3.05) is 20.8 Å². The van der Waals surface area contributed by atoms with Gasteiger partial charge in [-0.1, -0.05) is 52.3 Å². The van der Waals surface area contributed by atoms with E-state index in [9.17, 15) is 14.4 Å². The van der Waals surface area contributed by atoms with Gasteiger partial charge in [-0.25, -0.2) is 9.59 Å². The fraction of sp³-hybridized carbons (Fsp3) is 0.318. The Morgan fingerprint density at radius 1 is 1.13 bits per heavy atom. The Hall–Kier alpha value is -2.87. The number of ether oxygens (including phenoxy) is 3. The van der Waals surface area contributed by atoms with Crippen molar-refractivity contribution in [3.63, 3.8) is 0 Å². The summed E-state index contributed by atoms with van der Waals surface area (Å²) in [6.45, 7) is -0.176. The molecule has 158 valence electrons. The predicted octanol–water partition coefficient (Wildman–Crippen LogP) is 3.52. The van der Waals surface area contributed by atoms with Crippen LogP contribution >= 0.6 is 15.9 Å². The van der Waals surface area contributed by atoms with E-state index in [1.54, 1.807) is 25.3 Å². The van der Waals surface area contributed by atoms with E-state index in [1.165, 1.54) is 12.0 Å². The third-order valence-electron chi connectivity index (χ3n) is 5.07. The number of methoxy groups -OCH3 is 2. The second kappa shape index (κ2) is 9.30. The van der Waals surface area contributed by atoms with Crippen LogP contribution in [0.1, 0.15) is 17.5 Å². The van der Waals surface area contributed by atoms with Crippen LogP contribution in [0.5, 0.6) is 5.75 Å². The number of nitrogens with zero attached hydrogens (tertiary/aromatic N) is 1. The first-order chi connectivity index (χ1) is 14.4. The average Bonchev–Trinajstić information content (AvgIpc) is 3.10. The van der Waals surface area contributed by atoms with Crippen LogP contribution in [-0.4, -0.2) is 49.0 Å². The number of Topliss-reactive ketones (excluding diaryl/α,β-unsaturated/α-hetero) is 1. The minimum atomic E-state index is -1.48. The highest BCUT2D eigenvalue weighted by molar-refractivity contribution is 9.10. The monoisotopic (exact) mass is 475 g/mol. The van der Waals surface area contributed by atoms with E-state index in [1.807, 2.05) is 30.3 Å². The molecular weight excluding hydrogens is 454 g/mol. The average molecular weight is 476 g/mol. The number of amides is 1. The Labute approximate surface area is 183 Å². The lowest BCUT2D eigenvalue weighted by Gasteiger charge is -2.34. The summed E-state index contributed by atoms with van der Waals surface area (Å²) in [6.07, 6.45) is -0.783. The number of hydrogen-bond acceptors (Lipinski definition) is 6. The molecule has 0 spiro atoms. The number of ketones is 1. The SMILES string of the molecule is COC(=O)[C@@]1(Cc2ccc(OC)cc2Br)CC(=O)CN1C(=O)OCc1ccccc1. The molecule has 0 aromatic heterocycles. The van der Waals surface area contributed by atoms with E-state index in [0.717, 1.165) is 11.1 Å². The first-order valence-electron chi connectivity index (χ1n) is 9.30. The van der Waals surface area contributed by atoms with Gasteiger partial charge in [0.2, 0.25) is 0 Å². The van der Waals surface area contributed by atoms with Crippen LogP contribution < -0.4 is 4.74 Å². The van der Waals surface area contributed by atoms with E-state index in [2.05, 4.69) is 15.9 Å². The van der Waals surface area contributed by atoms with Gasteiger partial charge in [0.05, 0.1) is 20.8 Å². The normalized spacial score (nSPS) is 18.2. The molecule has 8 heteroatoms. The van der Waals surface area contributed by atoms with Crippen molar-refractivity contribution in [3.8, 4) is 5.75 Å². The summed E-state index contributed by atoms with van der Waals surface area (Å²) < 4.78 is 16.3. The number of benzene rings is 2. The van der Waals surface area contributed by atoms with Crippen LogP contribution in [-0.2, 0) is 32.1 Å². The maximum absolute atomic E-state index is 12.9. The van der Waals surface area contributed by atoms with E-state index in [-0.39, 0.29) is 31.8 Å². The second-order valence-corrected chi connectivity index (χ2v) is 7.85. The predicted molar refractivity (Wildman–Crippen MR) is 112 cm³/mol. The molecule has 1 heterocycles. The van der Waals surface area contributed by atoms with Gasteiger partial charge in [-0.2, -0.15) is 0 Å². The lowest BCUT2D eigenvalue weighted by atomic mass is 9.88. The highest BCUT2D eigenvalue weighted by Gasteiger charge is 2.55. The maximum atomic E-state index is 12.9. The molecule has 2 aromatic carbocycles. The Balaban J connectivity index is 1.89. The van der Waals surface area contributed by atoms with Crippen molar-refractivity contribution in [2.24, 2.45) is 0 Å². The summed E-state index contributed by atoms with van der Waals surface area (Å²) in [5, 5.41) is 0. The third kappa shape index (κ3) is 4.48. The van der Waals surface area contributed by atoms with Crippen molar-refractivity contribution in [1.29, 1.82) is 0 Å². The molecular formula is C22H22BrNO6. The van der Waals surface area contributed by atoms with Crippen molar-refractivity contribution >= 4 is 33.8 Å². The molecule has 0 radical (unpaired) electrons. The minimum absolute atomic E-state index is 0.0356. The molecule has 1 atom stereocenters. The van der Waals surface area contributed by atoms with E-state index < -0.39 is 17.6 Å². The zero-order chi connectivity index (χ0) is 21.7. The van der Waals surface area contributed by atoms with Gasteiger partial charge in [0.15, 0.2) is 11.3 Å². The molecule has 0 N–H and O–H groups in total. The van der Waals surface area contributed by atoms with Crippen molar-refractivity contribution in [1.82, 2.24) is 4.90 Å². The summed E-state index contributed by atoms with van der Waals surface area (Å²) in [4.78, 5) is 39.3. The van der Waals surface area contributed by atoms with Gasteiger partial charge in [0.1, 0.15) is 12.4 Å². The summed E-state index contributed by atoms with van der Waals surface area (Å²) >= 11 is 3.47. The van der Waals surface area contributed by atoms with E-state index in [4.69, 9.17) is 14.2 Å². The number of rotatable bonds is 6. The topological polar surface area (TPSA) is 82.1 Å². The molecule has 1 aliphatic rings. The lowest BCUT2D eigenvalue weighted by Crippen LogP contribution is -2.55. The van der Waals surface area contributed by atoms with Gasteiger partial charge in [0, 0.05) is 17.3 Å². The van der Waals surface area contributed by atoms with Crippen LogP contribution in [0.2, 0.25) is 0 Å². The van der Waals surface area contributed by atoms with Crippen LogP contribution in [0.4, 0.5) is 4.79 Å². The van der Waals surface area contributed by atoms with Gasteiger partial charge < -0.3 is 14.2 Å². The highest BCUT2D eigenvalue weighted by Crippen LogP contribution is 2.36. The second-order valence-electron chi connectivity index (χ2n) is 7.00. The lowest BCUT2D eigenvalue weighted by molar-refractivity contribution is -0.153.